The van der Waals surface area contributed by atoms with E-state index in [-0.39, 0.29) is 29.9 Å². The van der Waals surface area contributed by atoms with Gasteiger partial charge in [-0.2, -0.15) is 5.10 Å². The van der Waals surface area contributed by atoms with E-state index >= 15 is 0 Å². The minimum Gasteiger partial charge on any atom is -0.494 e. The van der Waals surface area contributed by atoms with Crippen LogP contribution in [-0.2, 0) is 11.3 Å². The molecular formula is C32H37N7O4. The van der Waals surface area contributed by atoms with Crippen molar-refractivity contribution in [3.8, 4) is 23.0 Å². The molecule has 4 aliphatic rings. The largest absolute Gasteiger partial charge is 0.494 e. The van der Waals surface area contributed by atoms with Crippen molar-refractivity contribution in [3.63, 3.8) is 0 Å². The quantitative estimate of drug-likeness (QED) is 0.326. The fourth-order valence-corrected chi connectivity index (χ4v) is 7.46. The number of nitrogens with two attached hydrogens (primary N) is 1. The van der Waals surface area contributed by atoms with Crippen molar-refractivity contribution in [1.82, 2.24) is 29.4 Å². The third kappa shape index (κ3) is 4.35. The summed E-state index contributed by atoms with van der Waals surface area (Å²) in [6.45, 7) is 3.98. The van der Waals surface area contributed by atoms with Gasteiger partial charge in [-0.05, 0) is 69.1 Å². The zero-order chi connectivity index (χ0) is 29.4. The number of ether oxygens (including phenoxy) is 2. The molecule has 8 rings (SSSR count). The molecule has 2 bridgehead atoms. The minimum atomic E-state index is -0.0216. The maximum atomic E-state index is 13.7. The minimum absolute atomic E-state index is 0.00704. The van der Waals surface area contributed by atoms with Gasteiger partial charge in [0, 0.05) is 54.9 Å². The van der Waals surface area contributed by atoms with Crippen LogP contribution < -0.4 is 20.5 Å². The smallest absolute Gasteiger partial charge is 0.255 e. The Morgan fingerprint density at radius 3 is 2.72 bits per heavy atom. The van der Waals surface area contributed by atoms with Gasteiger partial charge < -0.3 is 30.0 Å². The number of aryl methyl sites for hydroxylation is 1. The molecule has 0 radical (unpaired) electrons. The summed E-state index contributed by atoms with van der Waals surface area (Å²) in [7, 11) is 1.63. The predicted molar refractivity (Wildman–Crippen MR) is 160 cm³/mol. The molecule has 43 heavy (non-hydrogen) atoms. The predicted octanol–water partition coefficient (Wildman–Crippen LogP) is 3.30. The first kappa shape index (κ1) is 26.5. The molecule has 3 N–H and O–H groups in total. The van der Waals surface area contributed by atoms with Gasteiger partial charge in [0.05, 0.1) is 24.4 Å². The molecule has 11 nitrogen and oxygen atoms in total. The van der Waals surface area contributed by atoms with Crippen LogP contribution in [0.5, 0.6) is 11.6 Å². The average molecular weight is 584 g/mol. The second kappa shape index (κ2) is 9.97. The Morgan fingerprint density at radius 1 is 1.16 bits per heavy atom. The lowest BCUT2D eigenvalue weighted by molar-refractivity contribution is -0.119. The first-order valence-electron chi connectivity index (χ1n) is 15.4. The van der Waals surface area contributed by atoms with E-state index in [9.17, 15) is 9.59 Å². The van der Waals surface area contributed by atoms with Crippen LogP contribution in [0.4, 0.5) is 0 Å². The molecule has 4 aromatic heterocycles. The van der Waals surface area contributed by atoms with Crippen LogP contribution in [0.2, 0.25) is 0 Å². The van der Waals surface area contributed by atoms with Crippen LogP contribution in [0.3, 0.4) is 0 Å². The molecule has 224 valence electrons. The lowest BCUT2D eigenvalue weighted by atomic mass is 10.1. The van der Waals surface area contributed by atoms with Gasteiger partial charge >= 0.3 is 0 Å². The lowest BCUT2D eigenvalue weighted by Crippen LogP contribution is -2.41. The molecule has 4 atom stereocenters. The number of hydrogen-bond acceptors (Lipinski definition) is 7. The molecule has 0 aromatic carbocycles. The number of pyridine rings is 2. The van der Waals surface area contributed by atoms with Crippen LogP contribution in [-0.4, -0.2) is 74.3 Å². The van der Waals surface area contributed by atoms with Crippen LogP contribution in [0.15, 0.2) is 30.6 Å². The molecule has 2 aliphatic carbocycles. The van der Waals surface area contributed by atoms with Gasteiger partial charge in [0.15, 0.2) is 0 Å². The number of carbonyl (C=O) groups excluding carboxylic acids is 2. The molecule has 2 saturated heterocycles. The Kier molecular flexibility index (Phi) is 6.15. The summed E-state index contributed by atoms with van der Waals surface area (Å²) < 4.78 is 16.2. The molecule has 4 fully saturated rings. The van der Waals surface area contributed by atoms with E-state index in [4.69, 9.17) is 20.3 Å². The zero-order valence-electron chi connectivity index (χ0n) is 24.6. The fourth-order valence-electron chi connectivity index (χ4n) is 7.46. The maximum absolute atomic E-state index is 13.7. The average Bonchev–Trinajstić information content (AvgIpc) is 3.26. The molecular weight excluding hydrogens is 546 g/mol. The van der Waals surface area contributed by atoms with Crippen molar-refractivity contribution >= 4 is 28.2 Å². The summed E-state index contributed by atoms with van der Waals surface area (Å²) in [4.78, 5) is 32.0. The van der Waals surface area contributed by atoms with E-state index in [0.717, 1.165) is 59.2 Å². The molecule has 2 amide bonds. The summed E-state index contributed by atoms with van der Waals surface area (Å²) in [6, 6.07) is 6.14. The van der Waals surface area contributed by atoms with E-state index in [0.29, 0.717) is 48.6 Å². The summed E-state index contributed by atoms with van der Waals surface area (Å²) in [5.74, 6) is 2.20. The van der Waals surface area contributed by atoms with Gasteiger partial charge in [0.1, 0.15) is 29.1 Å². The van der Waals surface area contributed by atoms with Gasteiger partial charge in [-0.3, -0.25) is 9.59 Å². The number of carbonyl (C=O) groups is 2. The number of piperidine rings is 1. The van der Waals surface area contributed by atoms with Gasteiger partial charge in [-0.15, -0.1) is 0 Å². The van der Waals surface area contributed by atoms with Gasteiger partial charge in [0.25, 0.3) is 5.91 Å². The topological polar surface area (TPSA) is 129 Å². The number of nitrogens with one attached hydrogen (secondary N) is 1. The van der Waals surface area contributed by atoms with Gasteiger partial charge in [-0.1, -0.05) is 0 Å². The number of rotatable bonds is 8. The van der Waals surface area contributed by atoms with Crippen LogP contribution in [0.25, 0.3) is 27.8 Å². The number of nitrogens with zero attached hydrogens (tertiary/aromatic N) is 5. The monoisotopic (exact) mass is 583 g/mol. The first-order chi connectivity index (χ1) is 20.9. The molecule has 2 saturated carbocycles. The summed E-state index contributed by atoms with van der Waals surface area (Å²) in [6.07, 6.45) is 9.33. The van der Waals surface area contributed by atoms with Crippen molar-refractivity contribution in [2.75, 3.05) is 20.3 Å². The Labute approximate surface area is 249 Å². The standard InChI is InChI=1S/C32H37N7O4/c1-17-28(36-39-15-21(12-25(42-2)29(17)39)32(41)38-14-20-5-7-23(38)27(20)33)24-11-19-9-10-34-31(30(19)37(24)13-18-3-4-18)43-16-22-6-8-26(40)35-22/h9-12,15,18,20,22-23,27H,3-8,13-14,16,33H2,1-2H3,(H,35,40)/t20?,22-,23?,27+/m0/s1. The van der Waals surface area contributed by atoms with E-state index in [1.165, 1.54) is 12.8 Å². The second-order valence-electron chi connectivity index (χ2n) is 12.8. The highest BCUT2D eigenvalue weighted by Gasteiger charge is 2.47. The van der Waals surface area contributed by atoms with Crippen molar-refractivity contribution in [2.45, 2.75) is 70.1 Å². The van der Waals surface area contributed by atoms with E-state index in [1.54, 1.807) is 17.8 Å². The summed E-state index contributed by atoms with van der Waals surface area (Å²) in [5, 5.41) is 9.07. The highest BCUT2D eigenvalue weighted by Crippen LogP contribution is 2.41. The highest BCUT2D eigenvalue weighted by atomic mass is 16.5. The van der Waals surface area contributed by atoms with Crippen molar-refractivity contribution < 1.29 is 19.1 Å². The number of aromatic nitrogens is 4. The van der Waals surface area contributed by atoms with E-state index < -0.39 is 0 Å². The number of likely N-dealkylation sites (tertiary alicyclic amines) is 1. The third-order valence-corrected chi connectivity index (χ3v) is 9.97. The van der Waals surface area contributed by atoms with Gasteiger partial charge in [0.2, 0.25) is 11.8 Å². The first-order valence-corrected chi connectivity index (χ1v) is 15.4. The normalized spacial score (nSPS) is 24.8. The number of amides is 2. The maximum Gasteiger partial charge on any atom is 0.255 e. The van der Waals surface area contributed by atoms with Crippen molar-refractivity contribution in [1.29, 1.82) is 0 Å². The Bertz CT molecular complexity index is 1770. The SMILES string of the molecule is COc1cc(C(=O)N2CC3CCC2[C@@H]3N)cn2nc(-c3cc4ccnc(OC[C@@H]5CCC(=O)N5)c4n3CC3CC3)c(C)c12. The van der Waals surface area contributed by atoms with Crippen molar-refractivity contribution in [2.24, 2.45) is 17.6 Å². The molecule has 11 heteroatoms. The van der Waals surface area contributed by atoms with Crippen LogP contribution >= 0.6 is 0 Å². The number of methoxy groups -OCH3 is 1. The number of hydrogen-bond donors (Lipinski definition) is 2. The van der Waals surface area contributed by atoms with Gasteiger partial charge in [-0.25, -0.2) is 9.50 Å². The third-order valence-electron chi connectivity index (χ3n) is 9.97. The van der Waals surface area contributed by atoms with Crippen molar-refractivity contribution in [3.05, 3.63) is 41.7 Å². The molecule has 2 unspecified atom stereocenters. The Hall–Kier alpha value is -4.12. The molecule has 6 heterocycles. The van der Waals surface area contributed by atoms with E-state index in [1.807, 2.05) is 23.2 Å². The molecule has 4 aromatic rings. The molecule has 2 aliphatic heterocycles. The summed E-state index contributed by atoms with van der Waals surface area (Å²) in [5.41, 5.74) is 11.5. The summed E-state index contributed by atoms with van der Waals surface area (Å²) >= 11 is 0. The zero-order valence-corrected chi connectivity index (χ0v) is 24.6. The highest BCUT2D eigenvalue weighted by molar-refractivity contribution is 5.96. The number of fused-ring (bicyclic) bond motifs is 4. The lowest BCUT2D eigenvalue weighted by Gasteiger charge is -2.27. The van der Waals surface area contributed by atoms with Crippen LogP contribution in [0, 0.1) is 18.8 Å². The Morgan fingerprint density at radius 2 is 2.02 bits per heavy atom. The molecule has 0 spiro atoms. The fraction of sp³-hybridized carbons (Fsp3) is 0.500. The Balaban J connectivity index is 1.20. The second-order valence-corrected chi connectivity index (χ2v) is 12.8. The van der Waals surface area contributed by atoms with E-state index in [2.05, 4.69) is 27.9 Å². The van der Waals surface area contributed by atoms with Crippen LogP contribution in [0.1, 0.15) is 54.4 Å².